The Bertz CT molecular complexity index is 621. The Morgan fingerprint density at radius 1 is 1.35 bits per heavy atom. The molecule has 1 aromatic carbocycles. The number of furan rings is 1. The molecule has 0 saturated carbocycles. The summed E-state index contributed by atoms with van der Waals surface area (Å²) in [6.45, 7) is 5.99. The number of guanidine groups is 1. The van der Waals surface area contributed by atoms with Gasteiger partial charge in [0.05, 0.1) is 6.54 Å². The molecule has 0 unspecified atom stereocenters. The van der Waals surface area contributed by atoms with Crippen molar-refractivity contribution < 1.29 is 4.42 Å². The maximum atomic E-state index is 5.87. The fraction of sp³-hybridized carbons (Fsp3) is 0.471. The van der Waals surface area contributed by atoms with Crippen LogP contribution in [0.5, 0.6) is 0 Å². The third-order valence-corrected chi connectivity index (χ3v) is 4.92. The van der Waals surface area contributed by atoms with Gasteiger partial charge in [-0.1, -0.05) is 18.2 Å². The van der Waals surface area contributed by atoms with Crippen molar-refractivity contribution in [3.05, 3.63) is 36.1 Å². The first-order valence-corrected chi connectivity index (χ1v) is 8.62. The van der Waals surface area contributed by atoms with E-state index in [2.05, 4.69) is 47.4 Å². The molecule has 1 heterocycles. The number of nitrogens with one attached hydrogen (secondary N) is 1. The van der Waals surface area contributed by atoms with Crippen LogP contribution in [0.25, 0.3) is 11.0 Å². The third-order valence-electron chi connectivity index (χ3n) is 3.67. The Balaban J connectivity index is 0.00000264. The molecular formula is C17H26IN3OS. The number of fused-ring (bicyclic) bond motifs is 1. The molecule has 0 radical (unpaired) electrons. The SMILES string of the molecule is CN=C(NCC(C)(C)SC)N(C)Cc1cc2ccccc2o1.I. The first-order chi connectivity index (χ1) is 10.4. The Hall–Kier alpha value is -0.890. The van der Waals surface area contributed by atoms with Crippen molar-refractivity contribution in [1.82, 2.24) is 10.2 Å². The molecular weight excluding hydrogens is 421 g/mol. The van der Waals surface area contributed by atoms with Crippen LogP contribution in [0.2, 0.25) is 0 Å². The summed E-state index contributed by atoms with van der Waals surface area (Å²) in [5.41, 5.74) is 0.928. The molecule has 2 aromatic rings. The second-order valence-corrected chi connectivity index (χ2v) is 7.48. The highest BCUT2D eigenvalue weighted by Gasteiger charge is 2.18. The third kappa shape index (κ3) is 5.60. The molecule has 128 valence electrons. The standard InChI is InChI=1S/C17H25N3OS.HI/c1-17(2,22-5)12-19-16(18-3)20(4)11-14-10-13-8-6-7-9-15(13)21-14;/h6-10H,11-12H2,1-5H3,(H,18,19);1H. The van der Waals surface area contributed by atoms with Gasteiger partial charge in [-0.3, -0.25) is 4.99 Å². The van der Waals surface area contributed by atoms with E-state index in [1.807, 2.05) is 44.1 Å². The number of halogens is 1. The lowest BCUT2D eigenvalue weighted by Gasteiger charge is -2.27. The molecule has 4 nitrogen and oxygen atoms in total. The van der Waals surface area contributed by atoms with Gasteiger partial charge in [0.15, 0.2) is 5.96 Å². The van der Waals surface area contributed by atoms with E-state index in [0.29, 0.717) is 6.54 Å². The van der Waals surface area contributed by atoms with Gasteiger partial charge in [-0.15, -0.1) is 24.0 Å². The number of hydrogen-bond donors (Lipinski definition) is 1. The summed E-state index contributed by atoms with van der Waals surface area (Å²) in [5, 5.41) is 4.56. The van der Waals surface area contributed by atoms with Crippen LogP contribution >= 0.6 is 35.7 Å². The zero-order chi connectivity index (χ0) is 16.2. The first kappa shape index (κ1) is 20.2. The van der Waals surface area contributed by atoms with Crippen LogP contribution in [-0.2, 0) is 6.54 Å². The molecule has 2 rings (SSSR count). The smallest absolute Gasteiger partial charge is 0.193 e. The summed E-state index contributed by atoms with van der Waals surface area (Å²) < 4.78 is 6.05. The van der Waals surface area contributed by atoms with Crippen LogP contribution in [0, 0.1) is 0 Å². The molecule has 0 aliphatic carbocycles. The van der Waals surface area contributed by atoms with E-state index in [-0.39, 0.29) is 28.7 Å². The van der Waals surface area contributed by atoms with Gasteiger partial charge < -0.3 is 14.6 Å². The second-order valence-electron chi connectivity index (χ2n) is 5.97. The number of nitrogens with zero attached hydrogens (tertiary/aromatic N) is 2. The Morgan fingerprint density at radius 2 is 2.04 bits per heavy atom. The van der Waals surface area contributed by atoms with E-state index in [9.17, 15) is 0 Å². The maximum absolute atomic E-state index is 5.87. The maximum Gasteiger partial charge on any atom is 0.193 e. The van der Waals surface area contributed by atoms with Crippen LogP contribution in [-0.4, -0.2) is 42.5 Å². The van der Waals surface area contributed by atoms with E-state index in [1.165, 1.54) is 0 Å². The average Bonchev–Trinajstić information content (AvgIpc) is 2.89. The minimum absolute atomic E-state index is 0. The highest BCUT2D eigenvalue weighted by molar-refractivity contribution is 14.0. The van der Waals surface area contributed by atoms with E-state index in [4.69, 9.17) is 4.42 Å². The van der Waals surface area contributed by atoms with Crippen molar-refractivity contribution >= 4 is 52.7 Å². The average molecular weight is 447 g/mol. The summed E-state index contributed by atoms with van der Waals surface area (Å²) in [6, 6.07) is 10.2. The van der Waals surface area contributed by atoms with Crippen molar-refractivity contribution in [3.63, 3.8) is 0 Å². The van der Waals surface area contributed by atoms with Gasteiger partial charge in [-0.25, -0.2) is 0 Å². The largest absolute Gasteiger partial charge is 0.459 e. The fourth-order valence-corrected chi connectivity index (χ4v) is 2.39. The normalized spacial score (nSPS) is 12.1. The van der Waals surface area contributed by atoms with Gasteiger partial charge in [-0.2, -0.15) is 11.8 Å². The summed E-state index contributed by atoms with van der Waals surface area (Å²) >= 11 is 1.84. The monoisotopic (exact) mass is 447 g/mol. The highest BCUT2D eigenvalue weighted by Crippen LogP contribution is 2.21. The fourth-order valence-electron chi connectivity index (χ4n) is 2.17. The molecule has 0 saturated heterocycles. The molecule has 0 fully saturated rings. The number of hydrogen-bond acceptors (Lipinski definition) is 3. The van der Waals surface area contributed by atoms with Crippen molar-refractivity contribution in [1.29, 1.82) is 0 Å². The molecule has 0 aliphatic rings. The quantitative estimate of drug-likeness (QED) is 0.424. The van der Waals surface area contributed by atoms with Gasteiger partial charge in [-0.05, 0) is 32.2 Å². The summed E-state index contributed by atoms with van der Waals surface area (Å²) in [5.74, 6) is 1.82. The highest BCUT2D eigenvalue weighted by atomic mass is 127. The molecule has 0 atom stereocenters. The van der Waals surface area contributed by atoms with Gasteiger partial charge >= 0.3 is 0 Å². The topological polar surface area (TPSA) is 40.8 Å². The lowest BCUT2D eigenvalue weighted by Crippen LogP contribution is -2.43. The van der Waals surface area contributed by atoms with Crippen LogP contribution in [0.3, 0.4) is 0 Å². The molecule has 23 heavy (non-hydrogen) atoms. The zero-order valence-corrected chi connectivity index (χ0v) is 17.6. The minimum atomic E-state index is 0. The zero-order valence-electron chi connectivity index (χ0n) is 14.4. The second kappa shape index (κ2) is 8.82. The molecule has 1 aromatic heterocycles. The van der Waals surface area contributed by atoms with E-state index in [0.717, 1.165) is 29.2 Å². The van der Waals surface area contributed by atoms with Crippen LogP contribution in [0.15, 0.2) is 39.7 Å². The predicted molar refractivity (Wildman–Crippen MR) is 112 cm³/mol. The molecule has 0 bridgehead atoms. The number of aliphatic imine (C=N–C) groups is 1. The van der Waals surface area contributed by atoms with Crippen molar-refractivity contribution in [3.8, 4) is 0 Å². The number of rotatable bonds is 5. The summed E-state index contributed by atoms with van der Waals surface area (Å²) in [7, 11) is 3.83. The molecule has 1 N–H and O–H groups in total. The lowest BCUT2D eigenvalue weighted by molar-refractivity contribution is 0.411. The summed E-state index contributed by atoms with van der Waals surface area (Å²) in [6.07, 6.45) is 2.13. The molecule has 0 amide bonds. The van der Waals surface area contributed by atoms with Crippen LogP contribution in [0.1, 0.15) is 19.6 Å². The van der Waals surface area contributed by atoms with Crippen LogP contribution < -0.4 is 5.32 Å². The Kier molecular flexibility index (Phi) is 7.73. The molecule has 6 heteroatoms. The Morgan fingerprint density at radius 3 is 2.65 bits per heavy atom. The van der Waals surface area contributed by atoms with Gasteiger partial charge in [0, 0.05) is 30.8 Å². The van der Waals surface area contributed by atoms with E-state index < -0.39 is 0 Å². The lowest BCUT2D eigenvalue weighted by atomic mass is 10.2. The predicted octanol–water partition coefficient (Wildman–Crippen LogP) is 4.20. The molecule has 0 aliphatic heterocycles. The van der Waals surface area contributed by atoms with Gasteiger partial charge in [0.25, 0.3) is 0 Å². The van der Waals surface area contributed by atoms with E-state index >= 15 is 0 Å². The first-order valence-electron chi connectivity index (χ1n) is 7.39. The van der Waals surface area contributed by atoms with Crippen LogP contribution in [0.4, 0.5) is 0 Å². The minimum Gasteiger partial charge on any atom is -0.459 e. The number of thioether (sulfide) groups is 1. The Labute approximate surface area is 160 Å². The van der Waals surface area contributed by atoms with Crippen molar-refractivity contribution in [2.24, 2.45) is 4.99 Å². The van der Waals surface area contributed by atoms with Gasteiger partial charge in [0.1, 0.15) is 11.3 Å². The van der Waals surface area contributed by atoms with Crippen molar-refractivity contribution in [2.45, 2.75) is 25.1 Å². The number of benzene rings is 1. The molecule has 0 spiro atoms. The van der Waals surface area contributed by atoms with Gasteiger partial charge in [0.2, 0.25) is 0 Å². The summed E-state index contributed by atoms with van der Waals surface area (Å²) in [4.78, 5) is 6.43. The number of para-hydroxylation sites is 1. The van der Waals surface area contributed by atoms with E-state index in [1.54, 1.807) is 0 Å². The van der Waals surface area contributed by atoms with Crippen molar-refractivity contribution in [2.75, 3.05) is 26.9 Å².